The molecule has 1 fully saturated rings. The van der Waals surface area contributed by atoms with Crippen LogP contribution in [-0.4, -0.2) is 39.6 Å². The standard InChI is InChI=1S/C19H26N2O2/c1-13-5-7-18-17(10-13)15(12-20-18)6-8-19(23)21-9-3-4-16(21)11-14(2)22/h5,7,10,12,14,16,20,22H,3-4,6,8-9,11H2,1-2H3. The van der Waals surface area contributed by atoms with Crippen molar-refractivity contribution >= 4 is 16.8 Å². The summed E-state index contributed by atoms with van der Waals surface area (Å²) >= 11 is 0. The van der Waals surface area contributed by atoms with Crippen LogP contribution < -0.4 is 0 Å². The number of nitrogens with one attached hydrogen (secondary N) is 1. The number of aromatic nitrogens is 1. The molecule has 1 saturated heterocycles. The summed E-state index contributed by atoms with van der Waals surface area (Å²) in [5, 5.41) is 10.8. The second-order valence-electron chi connectivity index (χ2n) is 6.83. The lowest BCUT2D eigenvalue weighted by atomic mass is 10.0. The minimum atomic E-state index is -0.343. The summed E-state index contributed by atoms with van der Waals surface area (Å²) in [7, 11) is 0. The highest BCUT2D eigenvalue weighted by Gasteiger charge is 2.29. The Morgan fingerprint density at radius 1 is 1.48 bits per heavy atom. The van der Waals surface area contributed by atoms with Crippen molar-refractivity contribution in [1.29, 1.82) is 0 Å². The molecule has 1 aliphatic rings. The fraction of sp³-hybridized carbons (Fsp3) is 0.526. The molecule has 0 bridgehead atoms. The first-order chi connectivity index (χ1) is 11.0. The number of H-pyrrole nitrogens is 1. The lowest BCUT2D eigenvalue weighted by Gasteiger charge is -2.25. The summed E-state index contributed by atoms with van der Waals surface area (Å²) < 4.78 is 0. The van der Waals surface area contributed by atoms with Crippen molar-refractivity contribution in [3.8, 4) is 0 Å². The minimum Gasteiger partial charge on any atom is -0.393 e. The van der Waals surface area contributed by atoms with Gasteiger partial charge >= 0.3 is 0 Å². The molecule has 3 rings (SSSR count). The zero-order chi connectivity index (χ0) is 16.4. The number of carbonyl (C=O) groups excluding carboxylic acids is 1. The maximum atomic E-state index is 12.6. The predicted molar refractivity (Wildman–Crippen MR) is 92.4 cm³/mol. The Balaban J connectivity index is 1.65. The quantitative estimate of drug-likeness (QED) is 0.890. The van der Waals surface area contributed by atoms with E-state index in [4.69, 9.17) is 0 Å². The zero-order valence-electron chi connectivity index (χ0n) is 14.0. The molecule has 4 heteroatoms. The molecule has 2 atom stereocenters. The third kappa shape index (κ3) is 3.58. The van der Waals surface area contributed by atoms with Gasteiger partial charge in [-0.3, -0.25) is 4.79 Å². The number of hydrogen-bond donors (Lipinski definition) is 2. The van der Waals surface area contributed by atoms with E-state index < -0.39 is 0 Å². The molecule has 1 aromatic heterocycles. The third-order valence-corrected chi connectivity index (χ3v) is 4.84. The van der Waals surface area contributed by atoms with Gasteiger partial charge in [0.2, 0.25) is 5.91 Å². The Morgan fingerprint density at radius 3 is 3.09 bits per heavy atom. The smallest absolute Gasteiger partial charge is 0.223 e. The van der Waals surface area contributed by atoms with Crippen LogP contribution in [0.25, 0.3) is 10.9 Å². The Hall–Kier alpha value is -1.81. The number of aliphatic hydroxyl groups is 1. The van der Waals surface area contributed by atoms with Crippen molar-refractivity contribution in [2.75, 3.05) is 6.54 Å². The molecule has 23 heavy (non-hydrogen) atoms. The van der Waals surface area contributed by atoms with E-state index in [0.29, 0.717) is 12.8 Å². The average molecular weight is 314 g/mol. The Kier molecular flexibility index (Phi) is 4.71. The average Bonchev–Trinajstić information content (AvgIpc) is 3.11. The molecule has 2 N–H and O–H groups in total. The van der Waals surface area contributed by atoms with E-state index in [1.54, 1.807) is 6.92 Å². The van der Waals surface area contributed by atoms with E-state index >= 15 is 0 Å². The number of carbonyl (C=O) groups is 1. The number of nitrogens with zero attached hydrogens (tertiary/aromatic N) is 1. The number of amides is 1. The molecule has 124 valence electrons. The van der Waals surface area contributed by atoms with Crippen molar-refractivity contribution in [3.05, 3.63) is 35.5 Å². The van der Waals surface area contributed by atoms with Crippen LogP contribution in [0.4, 0.5) is 0 Å². The summed E-state index contributed by atoms with van der Waals surface area (Å²) in [5.41, 5.74) is 3.58. The highest BCUT2D eigenvalue weighted by atomic mass is 16.3. The summed E-state index contributed by atoms with van der Waals surface area (Å²) in [6.45, 7) is 4.73. The Morgan fingerprint density at radius 2 is 2.30 bits per heavy atom. The molecule has 1 aromatic carbocycles. The molecule has 0 saturated carbocycles. The summed E-state index contributed by atoms with van der Waals surface area (Å²) in [4.78, 5) is 17.8. The fourth-order valence-electron chi connectivity index (χ4n) is 3.69. The van der Waals surface area contributed by atoms with Crippen molar-refractivity contribution in [2.24, 2.45) is 0 Å². The molecule has 2 aromatic rings. The van der Waals surface area contributed by atoms with Gasteiger partial charge in [0.05, 0.1) is 6.10 Å². The molecule has 1 aliphatic heterocycles. The van der Waals surface area contributed by atoms with Gasteiger partial charge in [-0.15, -0.1) is 0 Å². The molecule has 0 radical (unpaired) electrons. The number of benzene rings is 1. The second-order valence-corrected chi connectivity index (χ2v) is 6.83. The maximum Gasteiger partial charge on any atom is 0.223 e. The van der Waals surface area contributed by atoms with Crippen LogP contribution in [0.1, 0.15) is 43.7 Å². The molecule has 4 nitrogen and oxygen atoms in total. The molecule has 2 heterocycles. The van der Waals surface area contributed by atoms with Gasteiger partial charge < -0.3 is 15.0 Å². The van der Waals surface area contributed by atoms with E-state index in [1.165, 1.54) is 16.5 Å². The molecular formula is C19H26N2O2. The van der Waals surface area contributed by atoms with Gasteiger partial charge in [-0.05, 0) is 57.2 Å². The summed E-state index contributed by atoms with van der Waals surface area (Å²) in [5.74, 6) is 0.218. The third-order valence-electron chi connectivity index (χ3n) is 4.84. The van der Waals surface area contributed by atoms with E-state index in [2.05, 4.69) is 30.1 Å². The van der Waals surface area contributed by atoms with Gasteiger partial charge in [0.25, 0.3) is 0 Å². The van der Waals surface area contributed by atoms with Crippen LogP contribution in [0.15, 0.2) is 24.4 Å². The van der Waals surface area contributed by atoms with Gasteiger partial charge in [0, 0.05) is 36.1 Å². The van der Waals surface area contributed by atoms with Gasteiger partial charge in [-0.1, -0.05) is 11.6 Å². The second kappa shape index (κ2) is 6.75. The first-order valence-electron chi connectivity index (χ1n) is 8.58. The largest absolute Gasteiger partial charge is 0.393 e. The monoisotopic (exact) mass is 314 g/mol. The van der Waals surface area contributed by atoms with Crippen LogP contribution in [-0.2, 0) is 11.2 Å². The van der Waals surface area contributed by atoms with Crippen LogP contribution >= 0.6 is 0 Å². The van der Waals surface area contributed by atoms with Gasteiger partial charge in [-0.25, -0.2) is 0 Å². The molecular weight excluding hydrogens is 288 g/mol. The van der Waals surface area contributed by atoms with Gasteiger partial charge in [0.15, 0.2) is 0 Å². The lowest BCUT2D eigenvalue weighted by molar-refractivity contribution is -0.132. The molecule has 0 aliphatic carbocycles. The first kappa shape index (κ1) is 16.1. The van der Waals surface area contributed by atoms with E-state index in [-0.39, 0.29) is 18.1 Å². The molecule has 2 unspecified atom stereocenters. The van der Waals surface area contributed by atoms with Crippen LogP contribution in [0.5, 0.6) is 0 Å². The fourth-order valence-corrected chi connectivity index (χ4v) is 3.69. The van der Waals surface area contributed by atoms with E-state index in [9.17, 15) is 9.90 Å². The normalized spacial score (nSPS) is 19.4. The zero-order valence-corrected chi connectivity index (χ0v) is 14.0. The topological polar surface area (TPSA) is 56.3 Å². The molecule has 1 amide bonds. The summed E-state index contributed by atoms with van der Waals surface area (Å²) in [6, 6.07) is 6.58. The van der Waals surface area contributed by atoms with Crippen molar-refractivity contribution < 1.29 is 9.90 Å². The summed E-state index contributed by atoms with van der Waals surface area (Å²) in [6.07, 6.45) is 5.74. The lowest BCUT2D eigenvalue weighted by Crippen LogP contribution is -2.37. The van der Waals surface area contributed by atoms with E-state index in [1.807, 2.05) is 11.1 Å². The number of hydrogen-bond acceptors (Lipinski definition) is 2. The Bertz CT molecular complexity index is 690. The highest BCUT2D eigenvalue weighted by Crippen LogP contribution is 2.24. The predicted octanol–water partition coefficient (Wildman–Crippen LogP) is 3.17. The van der Waals surface area contributed by atoms with Crippen molar-refractivity contribution in [3.63, 3.8) is 0 Å². The molecule has 0 spiro atoms. The number of rotatable bonds is 5. The SMILES string of the molecule is Cc1ccc2[nH]cc(CCC(=O)N3CCCC3CC(C)O)c2c1. The van der Waals surface area contributed by atoms with Crippen LogP contribution in [0.3, 0.4) is 0 Å². The van der Waals surface area contributed by atoms with Gasteiger partial charge in [-0.2, -0.15) is 0 Å². The number of fused-ring (bicyclic) bond motifs is 1. The van der Waals surface area contributed by atoms with Crippen LogP contribution in [0.2, 0.25) is 0 Å². The first-order valence-corrected chi connectivity index (χ1v) is 8.58. The number of likely N-dealkylation sites (tertiary alicyclic amines) is 1. The number of aryl methyl sites for hydroxylation is 2. The van der Waals surface area contributed by atoms with Crippen molar-refractivity contribution in [2.45, 2.75) is 58.1 Å². The van der Waals surface area contributed by atoms with Crippen LogP contribution in [0, 0.1) is 6.92 Å². The maximum absolute atomic E-state index is 12.6. The van der Waals surface area contributed by atoms with E-state index in [0.717, 1.165) is 31.3 Å². The number of aliphatic hydroxyl groups excluding tert-OH is 1. The highest BCUT2D eigenvalue weighted by molar-refractivity contribution is 5.85. The Labute approximate surface area is 137 Å². The van der Waals surface area contributed by atoms with Gasteiger partial charge in [0.1, 0.15) is 0 Å². The number of aromatic amines is 1. The van der Waals surface area contributed by atoms with Crippen molar-refractivity contribution in [1.82, 2.24) is 9.88 Å². The minimum absolute atomic E-state index is 0.215.